The van der Waals surface area contributed by atoms with Gasteiger partial charge in [-0.15, -0.1) is 0 Å². The second kappa shape index (κ2) is 41.0. The van der Waals surface area contributed by atoms with Crippen LogP contribution in [0.5, 0.6) is 0 Å². The first-order chi connectivity index (χ1) is 24.4. The molecule has 0 aliphatic carbocycles. The molecule has 7 heteroatoms. The molecule has 0 radical (unpaired) electrons. The van der Waals surface area contributed by atoms with Gasteiger partial charge in [0.1, 0.15) is 0 Å². The summed E-state index contributed by atoms with van der Waals surface area (Å²) in [5.74, 6) is 0. The molecule has 2 atom stereocenters. The molecule has 0 heterocycles. The number of unbranched alkanes of at least 4 members (excludes halogenated alkanes) is 26. The summed E-state index contributed by atoms with van der Waals surface area (Å²) in [6.07, 6.45) is 43.5. The summed E-state index contributed by atoms with van der Waals surface area (Å²) in [4.78, 5) is 0. The number of hydrogen-bond acceptors (Lipinski definition) is 4. The molecule has 0 N–H and O–H groups in total. The Balaban J connectivity index is -0.000000796. The summed E-state index contributed by atoms with van der Waals surface area (Å²) in [7, 11) is -0.294. The van der Waals surface area contributed by atoms with Crippen molar-refractivity contribution in [2.45, 2.75) is 234 Å². The van der Waals surface area contributed by atoms with Crippen LogP contribution in [0.25, 0.3) is 0 Å². The maximum Gasteiger partial charge on any atom is 0.0784 e. The van der Waals surface area contributed by atoms with Crippen LogP contribution in [0.1, 0.15) is 234 Å². The minimum atomic E-state index is -5.17. The van der Waals surface area contributed by atoms with Crippen molar-refractivity contribution in [3.05, 3.63) is 0 Å². The van der Waals surface area contributed by atoms with Gasteiger partial charge in [-0.1, -0.05) is 182 Å². The average molecular weight is 749 g/mol. The van der Waals surface area contributed by atoms with Crippen LogP contribution in [-0.2, 0) is 10.4 Å². The molecule has 0 bridgehead atoms. The minimum absolute atomic E-state index is 1.29. The van der Waals surface area contributed by atoms with Crippen LogP contribution in [0, 0.1) is 0 Å². The van der Waals surface area contributed by atoms with E-state index in [0.29, 0.717) is 0 Å². The van der Waals surface area contributed by atoms with Crippen LogP contribution in [0.15, 0.2) is 0 Å². The van der Waals surface area contributed by atoms with Gasteiger partial charge in [-0.25, -0.2) is 0 Å². The molecule has 0 fully saturated rings. The van der Waals surface area contributed by atoms with Crippen LogP contribution in [0.2, 0.25) is 0 Å². The van der Waals surface area contributed by atoms with Crippen molar-refractivity contribution in [2.24, 2.45) is 0 Å². The number of quaternary nitrogens is 2. The van der Waals surface area contributed by atoms with Crippen molar-refractivity contribution in [1.29, 1.82) is 0 Å². The van der Waals surface area contributed by atoms with E-state index in [1.54, 1.807) is 0 Å². The first kappa shape index (κ1) is 55.1. The molecule has 0 rings (SSSR count). The average Bonchev–Trinajstić information content (AvgIpc) is 3.08. The Kier molecular flexibility index (Phi) is 44.3. The summed E-state index contributed by atoms with van der Waals surface area (Å²) in [6, 6.07) is 0. The van der Waals surface area contributed by atoms with E-state index in [1.807, 2.05) is 0 Å². The van der Waals surface area contributed by atoms with E-state index < -0.39 is 10.4 Å². The van der Waals surface area contributed by atoms with Crippen LogP contribution >= 0.6 is 0 Å². The SMILES string of the molecule is CCCCCCCCCCCCCCCC[N+](C)(CC)CCC.CCCCCCCCCCCCCCCC[N+](C)(CC)CCC.O=S(=O)([O-])[O-]. The molecule has 0 saturated carbocycles. The van der Waals surface area contributed by atoms with Crippen molar-refractivity contribution < 1.29 is 26.5 Å². The predicted molar refractivity (Wildman–Crippen MR) is 225 cm³/mol. The number of rotatable bonds is 36. The van der Waals surface area contributed by atoms with Gasteiger partial charge in [0.25, 0.3) is 0 Å². The Hall–Kier alpha value is -0.210. The first-order valence-corrected chi connectivity index (χ1v) is 24.0. The maximum atomic E-state index is 8.52. The number of hydrogen-bond donors (Lipinski definition) is 0. The molecule has 0 aromatic carbocycles. The lowest BCUT2D eigenvalue weighted by Gasteiger charge is -2.33. The molecule has 0 spiro atoms. The molecular formula is C44H96N2O4S. The highest BCUT2D eigenvalue weighted by molar-refractivity contribution is 7.79. The van der Waals surface area contributed by atoms with Crippen molar-refractivity contribution in [3.63, 3.8) is 0 Å². The zero-order chi connectivity index (χ0) is 39.0. The molecule has 312 valence electrons. The fraction of sp³-hybridized carbons (Fsp3) is 1.00. The van der Waals surface area contributed by atoms with Crippen molar-refractivity contribution >= 4 is 10.4 Å². The maximum absolute atomic E-state index is 8.52. The molecule has 0 aromatic heterocycles. The Bertz CT molecular complexity index is 710. The molecule has 0 aliphatic heterocycles. The van der Waals surface area contributed by atoms with Gasteiger partial charge in [-0.2, -0.15) is 0 Å². The van der Waals surface area contributed by atoms with Crippen molar-refractivity contribution in [3.8, 4) is 0 Å². The lowest BCUT2D eigenvalue weighted by molar-refractivity contribution is -0.908. The summed E-state index contributed by atoms with van der Waals surface area (Å²) < 4.78 is 36.7. The van der Waals surface area contributed by atoms with E-state index in [0.717, 1.165) is 0 Å². The Morgan fingerprint density at radius 3 is 0.647 bits per heavy atom. The number of nitrogens with zero attached hydrogens (tertiary/aromatic N) is 2. The van der Waals surface area contributed by atoms with Gasteiger partial charge >= 0.3 is 0 Å². The topological polar surface area (TPSA) is 80.3 Å². The largest absolute Gasteiger partial charge is 0.759 e. The van der Waals surface area contributed by atoms with Crippen LogP contribution in [0.4, 0.5) is 0 Å². The quantitative estimate of drug-likeness (QED) is 0.0276. The Morgan fingerprint density at radius 1 is 0.314 bits per heavy atom. The minimum Gasteiger partial charge on any atom is -0.759 e. The molecule has 51 heavy (non-hydrogen) atoms. The highest BCUT2D eigenvalue weighted by Gasteiger charge is 2.17. The second-order valence-electron chi connectivity index (χ2n) is 16.4. The molecule has 6 nitrogen and oxygen atoms in total. The third-order valence-corrected chi connectivity index (χ3v) is 11.2. The first-order valence-electron chi connectivity index (χ1n) is 22.7. The van der Waals surface area contributed by atoms with E-state index in [2.05, 4.69) is 55.6 Å². The summed E-state index contributed by atoms with van der Waals surface area (Å²) in [5, 5.41) is 0. The van der Waals surface area contributed by atoms with Crippen LogP contribution in [-0.4, -0.2) is 79.9 Å². The summed E-state index contributed by atoms with van der Waals surface area (Å²) in [6.45, 7) is 22.0. The van der Waals surface area contributed by atoms with Crippen molar-refractivity contribution in [2.75, 3.05) is 53.4 Å². The third-order valence-electron chi connectivity index (χ3n) is 11.2. The highest BCUT2D eigenvalue weighted by atomic mass is 32.3. The van der Waals surface area contributed by atoms with Gasteiger partial charge in [0.05, 0.1) is 53.4 Å². The molecule has 2 unspecified atom stereocenters. The van der Waals surface area contributed by atoms with Gasteiger partial charge in [0, 0.05) is 10.4 Å². The van der Waals surface area contributed by atoms with Gasteiger partial charge < -0.3 is 18.1 Å². The molecular weight excluding hydrogens is 653 g/mol. The second-order valence-corrected chi connectivity index (χ2v) is 17.2. The fourth-order valence-electron chi connectivity index (χ4n) is 7.31. The van der Waals surface area contributed by atoms with Gasteiger partial charge in [0.2, 0.25) is 0 Å². The van der Waals surface area contributed by atoms with Gasteiger partial charge in [-0.05, 0) is 52.4 Å². The van der Waals surface area contributed by atoms with E-state index in [1.165, 1.54) is 241 Å². The predicted octanol–water partition coefficient (Wildman–Crippen LogP) is 13.4. The van der Waals surface area contributed by atoms with Crippen LogP contribution < -0.4 is 0 Å². The zero-order valence-corrected chi connectivity index (χ0v) is 37.2. The zero-order valence-electron chi connectivity index (χ0n) is 36.4. The summed E-state index contributed by atoms with van der Waals surface area (Å²) in [5.41, 5.74) is 0. The Labute approximate surface area is 323 Å². The van der Waals surface area contributed by atoms with E-state index >= 15 is 0 Å². The Morgan fingerprint density at radius 2 is 0.490 bits per heavy atom. The lowest BCUT2D eigenvalue weighted by atomic mass is 10.0. The van der Waals surface area contributed by atoms with E-state index in [4.69, 9.17) is 17.5 Å². The third kappa shape index (κ3) is 49.8. The standard InChI is InChI=1S/2C22H48N.H2O4S/c2*1-5-8-9-10-11-12-13-14-15-16-17-18-19-20-22-23(4,7-3)21-6-2;1-5(2,3)4/h2*5-22H2,1-4H3;(H2,1,2,3,4)/q2*+1;/p-2. The normalized spacial score (nSPS) is 13.8. The smallest absolute Gasteiger partial charge is 0.0784 e. The summed E-state index contributed by atoms with van der Waals surface area (Å²) >= 11 is 0. The van der Waals surface area contributed by atoms with Crippen LogP contribution in [0.3, 0.4) is 0 Å². The van der Waals surface area contributed by atoms with Gasteiger partial charge in [0.15, 0.2) is 0 Å². The molecule has 0 aliphatic rings. The van der Waals surface area contributed by atoms with Crippen molar-refractivity contribution in [1.82, 2.24) is 0 Å². The fourth-order valence-corrected chi connectivity index (χ4v) is 7.31. The van der Waals surface area contributed by atoms with E-state index in [-0.39, 0.29) is 0 Å². The monoisotopic (exact) mass is 749 g/mol. The highest BCUT2D eigenvalue weighted by Crippen LogP contribution is 2.16. The van der Waals surface area contributed by atoms with Gasteiger partial charge in [-0.3, -0.25) is 8.42 Å². The molecule has 0 aromatic rings. The lowest BCUT2D eigenvalue weighted by Crippen LogP contribution is -2.45. The molecule has 0 saturated heterocycles. The molecule has 0 amide bonds. The van der Waals surface area contributed by atoms with E-state index in [9.17, 15) is 0 Å².